The van der Waals surface area contributed by atoms with E-state index >= 15 is 0 Å². The van der Waals surface area contributed by atoms with Gasteiger partial charge in [0.25, 0.3) is 0 Å². The van der Waals surface area contributed by atoms with Crippen molar-refractivity contribution in [2.24, 2.45) is 5.92 Å². The van der Waals surface area contributed by atoms with Crippen LogP contribution in [-0.4, -0.2) is 55.6 Å². The number of nitrogens with zero attached hydrogens (tertiary/aromatic N) is 1. The topological polar surface area (TPSA) is 57.6 Å². The Hall–Kier alpha value is -0.410. The normalized spacial score (nSPS) is 21.5. The average Bonchev–Trinajstić information content (AvgIpc) is 2.34. The lowest BCUT2D eigenvalue weighted by Gasteiger charge is -2.34. The molecule has 9 heteroatoms. The summed E-state index contributed by atoms with van der Waals surface area (Å²) in [4.78, 5) is 0. The highest BCUT2D eigenvalue weighted by molar-refractivity contribution is 7.89. The molecule has 1 atom stereocenters. The molecular weight excluding hydrogens is 290 g/mol. The molecule has 1 unspecified atom stereocenters. The summed E-state index contributed by atoms with van der Waals surface area (Å²) in [5.41, 5.74) is 0. The lowest BCUT2D eigenvalue weighted by Crippen LogP contribution is -2.45. The maximum absolute atomic E-state index is 12.3. The number of sulfonamides is 1. The van der Waals surface area contributed by atoms with Crippen molar-refractivity contribution < 1.29 is 31.1 Å². The monoisotopic (exact) mass is 307 g/mol. The third-order valence-electron chi connectivity index (χ3n) is 3.21. The van der Waals surface area contributed by atoms with Gasteiger partial charge in [0, 0.05) is 13.1 Å². The summed E-state index contributed by atoms with van der Waals surface area (Å²) in [5, 5.41) is 9.10. The zero-order chi connectivity index (χ0) is 14.7. The van der Waals surface area contributed by atoms with Crippen molar-refractivity contribution in [2.45, 2.75) is 31.5 Å². The van der Waals surface area contributed by atoms with Crippen molar-refractivity contribution in [3.05, 3.63) is 0 Å². The Kier molecular flexibility index (Phi) is 5.57. The molecule has 114 valence electrons. The zero-order valence-corrected chi connectivity index (χ0v) is 11.1. The molecule has 19 heavy (non-hydrogen) atoms. The van der Waals surface area contributed by atoms with Gasteiger partial charge in [-0.3, -0.25) is 4.39 Å². The number of halogens is 4. The maximum atomic E-state index is 12.3. The molecular formula is C10H17F4NO3S. The molecule has 0 aromatic carbocycles. The quantitative estimate of drug-likeness (QED) is 0.779. The van der Waals surface area contributed by atoms with Gasteiger partial charge in [-0.2, -0.15) is 13.2 Å². The smallest absolute Gasteiger partial charge is 0.383 e. The second-order valence-corrected chi connectivity index (χ2v) is 6.67. The number of hydrogen-bond acceptors (Lipinski definition) is 3. The van der Waals surface area contributed by atoms with Crippen LogP contribution in [0.4, 0.5) is 17.6 Å². The predicted molar refractivity (Wildman–Crippen MR) is 60.7 cm³/mol. The van der Waals surface area contributed by atoms with Crippen LogP contribution in [0, 0.1) is 5.92 Å². The zero-order valence-electron chi connectivity index (χ0n) is 10.2. The van der Waals surface area contributed by atoms with Gasteiger partial charge >= 0.3 is 6.18 Å². The first-order valence-electron chi connectivity index (χ1n) is 5.97. The van der Waals surface area contributed by atoms with Gasteiger partial charge in [0.1, 0.15) is 0 Å². The molecule has 1 aliphatic rings. The van der Waals surface area contributed by atoms with Crippen molar-refractivity contribution in [3.8, 4) is 0 Å². The first kappa shape index (κ1) is 16.6. The van der Waals surface area contributed by atoms with E-state index in [9.17, 15) is 26.0 Å². The van der Waals surface area contributed by atoms with Crippen LogP contribution in [0.1, 0.15) is 19.3 Å². The van der Waals surface area contributed by atoms with Crippen molar-refractivity contribution in [3.63, 3.8) is 0 Å². The Morgan fingerprint density at radius 3 is 2.21 bits per heavy atom. The number of hydrogen-bond donors (Lipinski definition) is 1. The lowest BCUT2D eigenvalue weighted by atomic mass is 9.92. The third kappa shape index (κ3) is 4.57. The summed E-state index contributed by atoms with van der Waals surface area (Å²) in [5.74, 6) is -1.32. The van der Waals surface area contributed by atoms with Crippen LogP contribution in [0.25, 0.3) is 0 Å². The van der Waals surface area contributed by atoms with Gasteiger partial charge in [-0.15, -0.1) is 0 Å². The Morgan fingerprint density at radius 2 is 1.79 bits per heavy atom. The highest BCUT2D eigenvalue weighted by Crippen LogP contribution is 2.32. The van der Waals surface area contributed by atoms with Crippen molar-refractivity contribution in [1.82, 2.24) is 4.31 Å². The Morgan fingerprint density at radius 1 is 1.26 bits per heavy atom. The minimum Gasteiger partial charge on any atom is -0.383 e. The van der Waals surface area contributed by atoms with E-state index in [4.69, 9.17) is 5.11 Å². The standard InChI is InChI=1S/C10H17F4NO3S/c11-4-1-7-19(17,18)15-5-2-8(3-6-15)9(16)10(12,13)14/h8-9,16H,1-7H2. The molecule has 1 N–H and O–H groups in total. The summed E-state index contributed by atoms with van der Waals surface area (Å²) in [6, 6.07) is 0. The van der Waals surface area contributed by atoms with E-state index in [1.54, 1.807) is 0 Å². The second-order valence-electron chi connectivity index (χ2n) is 4.58. The van der Waals surface area contributed by atoms with Gasteiger partial charge in [-0.1, -0.05) is 0 Å². The van der Waals surface area contributed by atoms with Crippen molar-refractivity contribution >= 4 is 10.0 Å². The number of alkyl halides is 4. The number of aliphatic hydroxyl groups excluding tert-OH is 1. The summed E-state index contributed by atoms with van der Waals surface area (Å²) < 4.78 is 73.3. The second kappa shape index (κ2) is 6.36. The number of piperidine rings is 1. The van der Waals surface area contributed by atoms with E-state index in [-0.39, 0.29) is 38.1 Å². The van der Waals surface area contributed by atoms with Crippen LogP contribution in [0.2, 0.25) is 0 Å². The Labute approximate surface area is 109 Å². The SMILES string of the molecule is O=S(=O)(CCCF)N1CCC(C(O)C(F)(F)F)CC1. The lowest BCUT2D eigenvalue weighted by molar-refractivity contribution is -0.222. The molecule has 0 aliphatic carbocycles. The molecule has 0 spiro atoms. The van der Waals surface area contributed by atoms with Gasteiger partial charge in [0.2, 0.25) is 10.0 Å². The minimum atomic E-state index is -4.68. The molecule has 4 nitrogen and oxygen atoms in total. The van der Waals surface area contributed by atoms with Gasteiger partial charge in [0.05, 0.1) is 12.4 Å². The average molecular weight is 307 g/mol. The molecule has 1 aliphatic heterocycles. The third-order valence-corrected chi connectivity index (χ3v) is 5.17. The molecule has 0 aromatic rings. The van der Waals surface area contributed by atoms with E-state index in [0.717, 1.165) is 4.31 Å². The summed E-state index contributed by atoms with van der Waals surface area (Å²) in [6.07, 6.45) is -7.30. The molecule has 1 heterocycles. The van der Waals surface area contributed by atoms with E-state index in [1.807, 2.05) is 0 Å². The van der Waals surface area contributed by atoms with E-state index in [2.05, 4.69) is 0 Å². The summed E-state index contributed by atoms with van der Waals surface area (Å²) in [7, 11) is -3.60. The van der Waals surface area contributed by atoms with E-state index < -0.39 is 34.9 Å². The van der Waals surface area contributed by atoms with Gasteiger partial charge in [0.15, 0.2) is 6.10 Å². The molecule has 1 fully saturated rings. The van der Waals surface area contributed by atoms with Gasteiger partial charge in [-0.05, 0) is 25.2 Å². The molecule has 0 aromatic heterocycles. The Balaban J connectivity index is 2.54. The van der Waals surface area contributed by atoms with Crippen molar-refractivity contribution in [2.75, 3.05) is 25.5 Å². The van der Waals surface area contributed by atoms with E-state index in [1.165, 1.54) is 0 Å². The van der Waals surface area contributed by atoms with Crippen LogP contribution in [0.3, 0.4) is 0 Å². The first-order valence-corrected chi connectivity index (χ1v) is 7.58. The van der Waals surface area contributed by atoms with Crippen LogP contribution in [0.15, 0.2) is 0 Å². The molecule has 0 bridgehead atoms. The van der Waals surface area contributed by atoms with Gasteiger partial charge < -0.3 is 5.11 Å². The molecule has 0 radical (unpaired) electrons. The fraction of sp³-hybridized carbons (Fsp3) is 1.00. The molecule has 1 saturated heterocycles. The highest BCUT2D eigenvalue weighted by Gasteiger charge is 2.44. The highest BCUT2D eigenvalue weighted by atomic mass is 32.2. The Bertz CT molecular complexity index is 377. The molecule has 1 rings (SSSR count). The van der Waals surface area contributed by atoms with Gasteiger partial charge in [-0.25, -0.2) is 12.7 Å². The largest absolute Gasteiger partial charge is 0.414 e. The summed E-state index contributed by atoms with van der Waals surface area (Å²) >= 11 is 0. The minimum absolute atomic E-state index is 0.0461. The summed E-state index contributed by atoms with van der Waals surface area (Å²) in [6.45, 7) is -0.874. The van der Waals surface area contributed by atoms with Crippen LogP contribution >= 0.6 is 0 Å². The number of rotatable bonds is 5. The van der Waals surface area contributed by atoms with Crippen LogP contribution in [0.5, 0.6) is 0 Å². The van der Waals surface area contributed by atoms with Crippen LogP contribution in [-0.2, 0) is 10.0 Å². The number of aliphatic hydroxyl groups is 1. The predicted octanol–water partition coefficient (Wildman–Crippen LogP) is 1.31. The van der Waals surface area contributed by atoms with E-state index in [0.29, 0.717) is 0 Å². The fourth-order valence-electron chi connectivity index (χ4n) is 2.10. The fourth-order valence-corrected chi connectivity index (χ4v) is 3.60. The first-order chi connectivity index (χ1) is 8.68. The molecule has 0 saturated carbocycles. The van der Waals surface area contributed by atoms with Crippen molar-refractivity contribution in [1.29, 1.82) is 0 Å². The molecule has 0 amide bonds. The van der Waals surface area contributed by atoms with Crippen LogP contribution < -0.4 is 0 Å². The maximum Gasteiger partial charge on any atom is 0.414 e.